The van der Waals surface area contributed by atoms with E-state index < -0.39 is 0 Å². The molecule has 1 fully saturated rings. The number of benzene rings is 1. The molecule has 2 aromatic rings. The third-order valence-corrected chi connectivity index (χ3v) is 4.79. The molecule has 2 heteroatoms. The maximum atomic E-state index is 3.34. The minimum absolute atomic E-state index is 0.792. The monoisotopic (exact) mass is 240 g/mol. The van der Waals surface area contributed by atoms with Gasteiger partial charge in [0.15, 0.2) is 0 Å². The molecule has 1 aliphatic carbocycles. The summed E-state index contributed by atoms with van der Waals surface area (Å²) in [6.07, 6.45) is 8.74. The van der Waals surface area contributed by atoms with Crippen molar-refractivity contribution in [2.24, 2.45) is 0 Å². The Morgan fingerprint density at radius 2 is 2.00 bits per heavy atom. The van der Waals surface area contributed by atoms with Crippen molar-refractivity contribution >= 4 is 10.9 Å². The molecule has 0 amide bonds. The Bertz CT molecular complexity index is 563. The molecule has 18 heavy (non-hydrogen) atoms. The van der Waals surface area contributed by atoms with Crippen molar-refractivity contribution in [3.8, 4) is 0 Å². The van der Waals surface area contributed by atoms with Crippen LogP contribution in [0.25, 0.3) is 10.9 Å². The number of aromatic nitrogens is 1. The zero-order chi connectivity index (χ0) is 11.9. The van der Waals surface area contributed by atoms with Gasteiger partial charge in [0.05, 0.1) is 0 Å². The third kappa shape index (κ3) is 1.59. The number of H-pyrrole nitrogens is 1. The van der Waals surface area contributed by atoms with Crippen LogP contribution in [0.5, 0.6) is 0 Å². The van der Waals surface area contributed by atoms with E-state index >= 15 is 0 Å². The van der Waals surface area contributed by atoms with Gasteiger partial charge in [-0.1, -0.05) is 6.07 Å². The summed E-state index contributed by atoms with van der Waals surface area (Å²) in [7, 11) is 0. The predicted molar refractivity (Wildman–Crippen MR) is 74.9 cm³/mol. The number of rotatable bonds is 1. The molecule has 2 aliphatic rings. The number of hydrogen-bond acceptors (Lipinski definition) is 1. The van der Waals surface area contributed by atoms with Crippen molar-refractivity contribution in [2.75, 3.05) is 13.1 Å². The number of nitrogens with zero attached hydrogens (tertiary/aromatic N) is 1. The van der Waals surface area contributed by atoms with Gasteiger partial charge in [0, 0.05) is 23.1 Å². The van der Waals surface area contributed by atoms with Crippen molar-refractivity contribution in [3.05, 3.63) is 35.5 Å². The molecule has 94 valence electrons. The fraction of sp³-hybridized carbons (Fsp3) is 0.500. The average molecular weight is 240 g/mol. The van der Waals surface area contributed by atoms with E-state index in [0.29, 0.717) is 0 Å². The molecule has 0 bridgehead atoms. The molecule has 0 radical (unpaired) electrons. The second kappa shape index (κ2) is 4.13. The molecule has 1 atom stereocenters. The number of aromatic amines is 1. The summed E-state index contributed by atoms with van der Waals surface area (Å²) >= 11 is 0. The average Bonchev–Trinajstić information content (AvgIpc) is 3.09. The Hall–Kier alpha value is -1.28. The second-order valence-electron chi connectivity index (χ2n) is 5.78. The van der Waals surface area contributed by atoms with Crippen molar-refractivity contribution < 1.29 is 0 Å². The molecule has 0 unspecified atom stereocenters. The van der Waals surface area contributed by atoms with Crippen LogP contribution in [0, 0.1) is 0 Å². The van der Waals surface area contributed by atoms with Gasteiger partial charge >= 0.3 is 0 Å². The van der Waals surface area contributed by atoms with E-state index in [1.807, 2.05) is 0 Å². The van der Waals surface area contributed by atoms with Gasteiger partial charge in [0.1, 0.15) is 0 Å². The van der Waals surface area contributed by atoms with Gasteiger partial charge in [-0.15, -0.1) is 0 Å². The first kappa shape index (κ1) is 10.6. The third-order valence-electron chi connectivity index (χ3n) is 4.79. The maximum absolute atomic E-state index is 3.34. The van der Waals surface area contributed by atoms with Gasteiger partial charge in [0.2, 0.25) is 0 Å². The Morgan fingerprint density at radius 1 is 1.11 bits per heavy atom. The highest BCUT2D eigenvalue weighted by Crippen LogP contribution is 2.31. The molecule has 1 aromatic carbocycles. The van der Waals surface area contributed by atoms with Crippen LogP contribution in [0.4, 0.5) is 0 Å². The molecule has 1 aromatic heterocycles. The highest BCUT2D eigenvalue weighted by atomic mass is 15.2. The molecule has 1 saturated heterocycles. The van der Waals surface area contributed by atoms with E-state index in [0.717, 1.165) is 6.04 Å². The van der Waals surface area contributed by atoms with Gasteiger partial charge in [-0.25, -0.2) is 0 Å². The van der Waals surface area contributed by atoms with E-state index in [2.05, 4.69) is 34.3 Å². The standard InChI is InChI=1S/C16H20N2/c1-2-10-18(9-1)13-5-3-12-4-6-16-14(7-8-17-16)15(12)11-13/h4,6-8,13,17H,1-3,5,9-11H2/t13-/m1/s1. The zero-order valence-corrected chi connectivity index (χ0v) is 10.8. The van der Waals surface area contributed by atoms with Crippen LogP contribution in [0.2, 0.25) is 0 Å². The molecule has 4 rings (SSSR count). The molecule has 1 N–H and O–H groups in total. The van der Waals surface area contributed by atoms with Gasteiger partial charge in [-0.05, 0) is 68.5 Å². The molecule has 2 nitrogen and oxygen atoms in total. The molecule has 1 aliphatic heterocycles. The van der Waals surface area contributed by atoms with E-state index in [1.165, 1.54) is 56.1 Å². The van der Waals surface area contributed by atoms with E-state index in [4.69, 9.17) is 0 Å². The SMILES string of the molecule is c1cc2c3c(ccc2[nH]1)CC[C@@H](N1CCCC1)C3. The van der Waals surface area contributed by atoms with Crippen molar-refractivity contribution in [2.45, 2.75) is 38.1 Å². The lowest BCUT2D eigenvalue weighted by molar-refractivity contribution is 0.222. The Labute approximate surface area is 108 Å². The Balaban J connectivity index is 1.71. The van der Waals surface area contributed by atoms with E-state index in [1.54, 1.807) is 11.1 Å². The van der Waals surface area contributed by atoms with Crippen molar-refractivity contribution in [1.29, 1.82) is 0 Å². The van der Waals surface area contributed by atoms with Gasteiger partial charge in [-0.3, -0.25) is 0 Å². The van der Waals surface area contributed by atoms with Crippen LogP contribution in [0.1, 0.15) is 30.4 Å². The summed E-state index contributed by atoms with van der Waals surface area (Å²) in [6, 6.07) is 7.61. The maximum Gasteiger partial charge on any atom is 0.0456 e. The minimum Gasteiger partial charge on any atom is -0.361 e. The largest absolute Gasteiger partial charge is 0.361 e. The molecule has 2 heterocycles. The number of fused-ring (bicyclic) bond motifs is 3. The lowest BCUT2D eigenvalue weighted by atomic mass is 9.85. The summed E-state index contributed by atoms with van der Waals surface area (Å²) in [5.41, 5.74) is 4.49. The molecular weight excluding hydrogens is 220 g/mol. The number of hydrogen-bond donors (Lipinski definition) is 1. The topological polar surface area (TPSA) is 19.0 Å². The van der Waals surface area contributed by atoms with Gasteiger partial charge < -0.3 is 9.88 Å². The van der Waals surface area contributed by atoms with Crippen LogP contribution in [0.15, 0.2) is 24.4 Å². The number of aryl methyl sites for hydroxylation is 1. The number of nitrogens with one attached hydrogen (secondary N) is 1. The van der Waals surface area contributed by atoms with Crippen LogP contribution in [0.3, 0.4) is 0 Å². The fourth-order valence-electron chi connectivity index (χ4n) is 3.79. The van der Waals surface area contributed by atoms with Crippen LogP contribution < -0.4 is 0 Å². The summed E-state index contributed by atoms with van der Waals surface area (Å²) in [5, 5.41) is 1.45. The highest BCUT2D eigenvalue weighted by molar-refractivity contribution is 5.84. The van der Waals surface area contributed by atoms with Crippen LogP contribution >= 0.6 is 0 Å². The fourth-order valence-corrected chi connectivity index (χ4v) is 3.79. The first-order valence-corrected chi connectivity index (χ1v) is 7.24. The summed E-state index contributed by atoms with van der Waals surface area (Å²) in [6.45, 7) is 2.65. The lowest BCUT2D eigenvalue weighted by Crippen LogP contribution is -2.37. The summed E-state index contributed by atoms with van der Waals surface area (Å²) < 4.78 is 0. The number of likely N-dealkylation sites (tertiary alicyclic amines) is 1. The lowest BCUT2D eigenvalue weighted by Gasteiger charge is -2.32. The predicted octanol–water partition coefficient (Wildman–Crippen LogP) is 3.12. The van der Waals surface area contributed by atoms with Crippen molar-refractivity contribution in [3.63, 3.8) is 0 Å². The summed E-state index contributed by atoms with van der Waals surface area (Å²) in [4.78, 5) is 6.06. The quantitative estimate of drug-likeness (QED) is 0.811. The first-order valence-electron chi connectivity index (χ1n) is 7.24. The summed E-state index contributed by atoms with van der Waals surface area (Å²) in [5.74, 6) is 0. The van der Waals surface area contributed by atoms with Crippen molar-refractivity contribution in [1.82, 2.24) is 9.88 Å². The first-order chi connectivity index (χ1) is 8.92. The van der Waals surface area contributed by atoms with Gasteiger partial charge in [0.25, 0.3) is 0 Å². The second-order valence-corrected chi connectivity index (χ2v) is 5.78. The Morgan fingerprint density at radius 3 is 2.89 bits per heavy atom. The molecular formula is C16H20N2. The smallest absolute Gasteiger partial charge is 0.0456 e. The van der Waals surface area contributed by atoms with Crippen LogP contribution in [-0.2, 0) is 12.8 Å². The zero-order valence-electron chi connectivity index (χ0n) is 10.8. The van der Waals surface area contributed by atoms with E-state index in [9.17, 15) is 0 Å². The minimum atomic E-state index is 0.792. The molecule has 0 saturated carbocycles. The van der Waals surface area contributed by atoms with Gasteiger partial charge in [-0.2, -0.15) is 0 Å². The van der Waals surface area contributed by atoms with E-state index in [-0.39, 0.29) is 0 Å². The highest BCUT2D eigenvalue weighted by Gasteiger charge is 2.27. The normalized spacial score (nSPS) is 24.6. The molecule has 0 spiro atoms. The van der Waals surface area contributed by atoms with Crippen LogP contribution in [-0.4, -0.2) is 29.0 Å². The Kier molecular flexibility index (Phi) is 2.44.